The molecular weight excluding hydrogens is 328 g/mol. The van der Waals surface area contributed by atoms with Crippen molar-refractivity contribution in [3.63, 3.8) is 0 Å². The predicted molar refractivity (Wildman–Crippen MR) is 85.6 cm³/mol. The zero-order chi connectivity index (χ0) is 16.3. The number of anilines is 1. The highest BCUT2D eigenvalue weighted by atomic mass is 35.5. The van der Waals surface area contributed by atoms with E-state index in [0.717, 1.165) is 10.6 Å². The number of morpholine rings is 1. The van der Waals surface area contributed by atoms with Crippen LogP contribution in [0.15, 0.2) is 24.3 Å². The van der Waals surface area contributed by atoms with Gasteiger partial charge in [0, 0.05) is 18.1 Å². The van der Waals surface area contributed by atoms with Crippen molar-refractivity contribution in [2.45, 2.75) is 13.0 Å². The molecule has 0 bridgehead atoms. The molecule has 0 aliphatic carbocycles. The van der Waals surface area contributed by atoms with Crippen molar-refractivity contribution < 1.29 is 17.9 Å². The maximum atomic E-state index is 12.6. The quantitative estimate of drug-likeness (QED) is 0.825. The van der Waals surface area contributed by atoms with Gasteiger partial charge >= 0.3 is 0 Å². The first-order valence-electron chi connectivity index (χ1n) is 6.92. The Morgan fingerprint density at radius 1 is 1.27 bits per heavy atom. The third-order valence-electron chi connectivity index (χ3n) is 3.47. The molecule has 1 amide bonds. The minimum Gasteiger partial charge on any atom is -0.378 e. The Morgan fingerprint density at radius 2 is 1.82 bits per heavy atom. The number of carbonyl (C=O) groups is 1. The van der Waals surface area contributed by atoms with E-state index in [1.807, 2.05) is 0 Å². The number of halogens is 1. The van der Waals surface area contributed by atoms with Crippen LogP contribution in [0.25, 0.3) is 0 Å². The van der Waals surface area contributed by atoms with E-state index in [1.54, 1.807) is 36.1 Å². The van der Waals surface area contributed by atoms with E-state index in [0.29, 0.717) is 37.0 Å². The van der Waals surface area contributed by atoms with Gasteiger partial charge in [-0.05, 0) is 31.2 Å². The van der Waals surface area contributed by atoms with Gasteiger partial charge in [0.25, 0.3) is 0 Å². The molecule has 0 saturated carbocycles. The molecule has 0 spiro atoms. The van der Waals surface area contributed by atoms with Crippen LogP contribution in [0.2, 0.25) is 5.02 Å². The van der Waals surface area contributed by atoms with Gasteiger partial charge in [-0.15, -0.1) is 0 Å². The molecule has 1 aromatic rings. The van der Waals surface area contributed by atoms with Crippen LogP contribution in [-0.4, -0.2) is 57.8 Å². The molecule has 2 rings (SSSR count). The van der Waals surface area contributed by atoms with Crippen molar-refractivity contribution in [3.05, 3.63) is 29.3 Å². The minimum atomic E-state index is -3.60. The summed E-state index contributed by atoms with van der Waals surface area (Å²) in [5.74, 6) is -0.233. The molecule has 1 aliphatic rings. The van der Waals surface area contributed by atoms with Gasteiger partial charge in [0.1, 0.15) is 6.04 Å². The molecule has 6 nitrogen and oxygen atoms in total. The Labute approximate surface area is 135 Å². The first-order valence-corrected chi connectivity index (χ1v) is 9.15. The highest BCUT2D eigenvalue weighted by Crippen LogP contribution is 2.23. The lowest BCUT2D eigenvalue weighted by molar-refractivity contribution is -0.136. The van der Waals surface area contributed by atoms with Gasteiger partial charge in [0.15, 0.2) is 0 Å². The van der Waals surface area contributed by atoms with Gasteiger partial charge in [-0.1, -0.05) is 11.6 Å². The lowest BCUT2D eigenvalue weighted by Crippen LogP contribution is -2.52. The van der Waals surface area contributed by atoms with Gasteiger partial charge in [-0.2, -0.15) is 0 Å². The molecule has 1 aromatic carbocycles. The summed E-state index contributed by atoms with van der Waals surface area (Å²) in [5, 5.41) is 0.504. The monoisotopic (exact) mass is 346 g/mol. The molecule has 0 radical (unpaired) electrons. The Hall–Kier alpha value is -1.31. The van der Waals surface area contributed by atoms with E-state index < -0.39 is 16.1 Å². The number of amides is 1. The van der Waals surface area contributed by atoms with Crippen LogP contribution in [0.4, 0.5) is 5.69 Å². The molecule has 1 atom stereocenters. The third-order valence-corrected chi connectivity index (χ3v) is 4.96. The molecular formula is C14H19ClN2O4S. The number of hydrogen-bond donors (Lipinski definition) is 0. The first kappa shape index (κ1) is 17.1. The Bertz CT molecular complexity index is 627. The summed E-state index contributed by atoms with van der Waals surface area (Å²) in [7, 11) is -3.60. The fraction of sp³-hybridized carbons (Fsp3) is 0.500. The van der Waals surface area contributed by atoms with Crippen LogP contribution < -0.4 is 4.31 Å². The Morgan fingerprint density at radius 3 is 2.32 bits per heavy atom. The number of sulfonamides is 1. The molecule has 0 unspecified atom stereocenters. The van der Waals surface area contributed by atoms with Gasteiger partial charge < -0.3 is 9.64 Å². The molecule has 0 N–H and O–H groups in total. The maximum absolute atomic E-state index is 12.6. The van der Waals surface area contributed by atoms with Crippen LogP contribution in [-0.2, 0) is 19.6 Å². The summed E-state index contributed by atoms with van der Waals surface area (Å²) in [6, 6.07) is 5.55. The predicted octanol–water partition coefficient (Wildman–Crippen LogP) is 1.35. The first-order chi connectivity index (χ1) is 10.3. The average Bonchev–Trinajstić information content (AvgIpc) is 2.48. The molecule has 122 valence electrons. The van der Waals surface area contributed by atoms with E-state index in [-0.39, 0.29) is 5.91 Å². The minimum absolute atomic E-state index is 0.233. The number of ether oxygens (including phenoxy) is 1. The van der Waals surface area contributed by atoms with Crippen molar-refractivity contribution >= 4 is 33.2 Å². The van der Waals surface area contributed by atoms with E-state index in [1.165, 1.54) is 0 Å². The zero-order valence-corrected chi connectivity index (χ0v) is 14.1. The third kappa shape index (κ3) is 3.91. The molecule has 1 aliphatic heterocycles. The number of benzene rings is 1. The highest BCUT2D eigenvalue weighted by Gasteiger charge is 2.32. The van der Waals surface area contributed by atoms with Crippen molar-refractivity contribution in [1.82, 2.24) is 4.90 Å². The normalized spacial score (nSPS) is 17.1. The lowest BCUT2D eigenvalue weighted by Gasteiger charge is -2.34. The largest absolute Gasteiger partial charge is 0.378 e. The van der Waals surface area contributed by atoms with Crippen molar-refractivity contribution in [3.8, 4) is 0 Å². The molecule has 1 saturated heterocycles. The van der Waals surface area contributed by atoms with Crippen LogP contribution in [0, 0.1) is 0 Å². The van der Waals surface area contributed by atoms with Crippen molar-refractivity contribution in [1.29, 1.82) is 0 Å². The van der Waals surface area contributed by atoms with E-state index >= 15 is 0 Å². The highest BCUT2D eigenvalue weighted by molar-refractivity contribution is 7.92. The van der Waals surface area contributed by atoms with E-state index in [2.05, 4.69) is 0 Å². The molecule has 0 aromatic heterocycles. The molecule has 1 heterocycles. The van der Waals surface area contributed by atoms with Gasteiger partial charge in [0.05, 0.1) is 25.2 Å². The van der Waals surface area contributed by atoms with Crippen molar-refractivity contribution in [2.75, 3.05) is 36.9 Å². The van der Waals surface area contributed by atoms with E-state index in [9.17, 15) is 13.2 Å². The number of nitrogens with zero attached hydrogens (tertiary/aromatic N) is 2. The van der Waals surface area contributed by atoms with Crippen LogP contribution in [0.1, 0.15) is 6.92 Å². The topological polar surface area (TPSA) is 66.9 Å². The second-order valence-electron chi connectivity index (χ2n) is 5.15. The van der Waals surface area contributed by atoms with Gasteiger partial charge in [-0.3, -0.25) is 9.10 Å². The van der Waals surface area contributed by atoms with Crippen LogP contribution in [0.5, 0.6) is 0 Å². The van der Waals surface area contributed by atoms with Gasteiger partial charge in [-0.25, -0.2) is 8.42 Å². The Balaban J connectivity index is 2.29. The fourth-order valence-corrected chi connectivity index (χ4v) is 3.73. The standard InChI is InChI=1S/C14H19ClN2O4S/c1-11(14(18)16-7-9-21-10-8-16)17(22(2,19)20)13-5-3-12(15)4-6-13/h3-6,11H,7-10H2,1-2H3/t11-/m0/s1. The fourth-order valence-electron chi connectivity index (χ4n) is 2.44. The summed E-state index contributed by atoms with van der Waals surface area (Å²) < 4.78 is 30.6. The van der Waals surface area contributed by atoms with Gasteiger partial charge in [0.2, 0.25) is 15.9 Å². The summed E-state index contributed by atoms with van der Waals surface area (Å²) in [5.41, 5.74) is 0.418. The molecule has 1 fully saturated rings. The summed E-state index contributed by atoms with van der Waals surface area (Å²) in [6.45, 7) is 3.48. The molecule has 22 heavy (non-hydrogen) atoms. The summed E-state index contributed by atoms with van der Waals surface area (Å²) in [4.78, 5) is 14.2. The van der Waals surface area contributed by atoms with Crippen LogP contribution in [0.3, 0.4) is 0 Å². The Kier molecular flexibility index (Phi) is 5.31. The lowest BCUT2D eigenvalue weighted by atomic mass is 10.2. The smallest absolute Gasteiger partial charge is 0.246 e. The summed E-state index contributed by atoms with van der Waals surface area (Å²) in [6.07, 6.45) is 1.09. The van der Waals surface area contributed by atoms with Crippen molar-refractivity contribution in [2.24, 2.45) is 0 Å². The maximum Gasteiger partial charge on any atom is 0.246 e. The zero-order valence-electron chi connectivity index (χ0n) is 12.5. The molecule has 8 heteroatoms. The number of carbonyl (C=O) groups excluding carboxylic acids is 1. The summed E-state index contributed by atoms with van der Waals surface area (Å²) >= 11 is 5.84. The number of hydrogen-bond acceptors (Lipinski definition) is 4. The van der Waals surface area contributed by atoms with E-state index in [4.69, 9.17) is 16.3 Å². The average molecular weight is 347 g/mol. The second-order valence-corrected chi connectivity index (χ2v) is 7.44. The number of rotatable bonds is 4. The second kappa shape index (κ2) is 6.85. The van der Waals surface area contributed by atoms with Crippen LogP contribution >= 0.6 is 11.6 Å². The SMILES string of the molecule is C[C@@H](C(=O)N1CCOCC1)N(c1ccc(Cl)cc1)S(C)(=O)=O.